The third kappa shape index (κ3) is 1.97. The van der Waals surface area contributed by atoms with E-state index in [9.17, 15) is 0 Å². The molecule has 0 spiro atoms. The quantitative estimate of drug-likeness (QED) is 0.151. The minimum atomic E-state index is 1.10. The topological polar surface area (TPSA) is 24.7 Å². The Labute approximate surface area is 151 Å². The fraction of sp³-hybridized carbons (Fsp3) is 0. The van der Waals surface area contributed by atoms with Crippen LogP contribution < -0.4 is 5.36 Å². The van der Waals surface area contributed by atoms with E-state index in [0.29, 0.717) is 0 Å². The first kappa shape index (κ1) is 13.7. The Hall–Kier alpha value is -1.60. The second kappa shape index (κ2) is 4.95. The molecule has 4 aromatic carbocycles. The number of hydrogen-bond acceptors (Lipinski definition) is 4. The van der Waals surface area contributed by atoms with E-state index >= 15 is 0 Å². The summed E-state index contributed by atoms with van der Waals surface area (Å²) < 4.78 is 10.2. The van der Waals surface area contributed by atoms with Crippen LogP contribution in [0.1, 0.15) is 0 Å². The molecule has 6 rings (SSSR count). The molecule has 2 heterocycles. The first-order valence-electron chi connectivity index (χ1n) is 7.42. The van der Waals surface area contributed by atoms with Crippen molar-refractivity contribution in [1.29, 1.82) is 0 Å². The molecular formula is C18H8N2S4. The molecule has 0 amide bonds. The molecule has 114 valence electrons. The molecule has 2 aliphatic rings. The SMILES string of the molecule is c1c2c(cc3cc4cc5cc6c(cc5cc4cc13)=S=S=N6)=NSS2. The summed E-state index contributed by atoms with van der Waals surface area (Å²) in [5, 5.41) is 8.73. The second-order valence-corrected chi connectivity index (χ2v) is 9.65. The van der Waals surface area contributed by atoms with E-state index in [-0.39, 0.29) is 0 Å². The van der Waals surface area contributed by atoms with Gasteiger partial charge in [0, 0.05) is 26.0 Å². The van der Waals surface area contributed by atoms with Crippen LogP contribution in [0.2, 0.25) is 0 Å². The maximum Gasteiger partial charge on any atom is 0.0956 e. The fourth-order valence-corrected chi connectivity index (χ4v) is 6.79. The Morgan fingerprint density at radius 2 is 1.33 bits per heavy atom. The minimum absolute atomic E-state index is 1.10. The molecule has 0 bridgehead atoms. The highest BCUT2D eigenvalue weighted by molar-refractivity contribution is 8.76. The molecule has 2 nitrogen and oxygen atoms in total. The van der Waals surface area contributed by atoms with E-state index < -0.39 is 0 Å². The monoisotopic (exact) mass is 380 g/mol. The molecule has 24 heavy (non-hydrogen) atoms. The molecule has 0 saturated carbocycles. The predicted octanol–water partition coefficient (Wildman–Crippen LogP) is 5.59. The van der Waals surface area contributed by atoms with Crippen LogP contribution in [0, 0.1) is 4.51 Å². The minimum Gasteiger partial charge on any atom is -0.204 e. The van der Waals surface area contributed by atoms with Gasteiger partial charge in [0.05, 0.1) is 15.6 Å². The smallest absolute Gasteiger partial charge is 0.0956 e. The van der Waals surface area contributed by atoms with Crippen LogP contribution in [0.15, 0.2) is 62.2 Å². The summed E-state index contributed by atoms with van der Waals surface area (Å²) in [6.45, 7) is 0. The molecular weight excluding hydrogens is 372 g/mol. The van der Waals surface area contributed by atoms with Crippen LogP contribution in [0.3, 0.4) is 0 Å². The highest BCUT2D eigenvalue weighted by Crippen LogP contribution is 2.36. The molecule has 0 unspecified atom stereocenters. The summed E-state index contributed by atoms with van der Waals surface area (Å²) in [5.74, 6) is 0. The summed E-state index contributed by atoms with van der Waals surface area (Å²) in [5.41, 5.74) is 1.10. The van der Waals surface area contributed by atoms with Gasteiger partial charge in [-0.15, -0.1) is 0 Å². The Bertz CT molecular complexity index is 1430. The zero-order valence-corrected chi connectivity index (χ0v) is 15.4. The first-order valence-corrected chi connectivity index (χ1v) is 11.6. The van der Waals surface area contributed by atoms with E-state index in [1.807, 2.05) is 0 Å². The lowest BCUT2D eigenvalue weighted by Gasteiger charge is -2.06. The van der Waals surface area contributed by atoms with Gasteiger partial charge in [0.15, 0.2) is 0 Å². The number of rotatable bonds is 0. The number of fused-ring (bicyclic) bond motifs is 5. The molecule has 0 atom stereocenters. The van der Waals surface area contributed by atoms with Crippen molar-refractivity contribution >= 4 is 79.8 Å². The van der Waals surface area contributed by atoms with Gasteiger partial charge in [0.2, 0.25) is 0 Å². The Morgan fingerprint density at radius 1 is 0.667 bits per heavy atom. The average Bonchev–Trinajstić information content (AvgIpc) is 3.22. The number of nitrogens with zero attached hydrogens (tertiary/aromatic N) is 2. The molecule has 2 aliphatic heterocycles. The summed E-state index contributed by atoms with van der Waals surface area (Å²) in [6, 6.07) is 18.1. The van der Waals surface area contributed by atoms with Crippen molar-refractivity contribution in [3.63, 3.8) is 0 Å². The Kier molecular flexibility index (Phi) is 2.82. The van der Waals surface area contributed by atoms with Gasteiger partial charge < -0.3 is 0 Å². The summed E-state index contributed by atoms with van der Waals surface area (Å²) in [4.78, 5) is 1.26. The number of benzene rings is 4. The van der Waals surface area contributed by atoms with Gasteiger partial charge >= 0.3 is 0 Å². The van der Waals surface area contributed by atoms with E-state index in [4.69, 9.17) is 0 Å². The van der Waals surface area contributed by atoms with Crippen molar-refractivity contribution < 1.29 is 0 Å². The van der Waals surface area contributed by atoms with E-state index in [2.05, 4.69) is 57.3 Å². The zero-order chi connectivity index (χ0) is 15.7. The van der Waals surface area contributed by atoms with Crippen molar-refractivity contribution in [2.45, 2.75) is 4.90 Å². The van der Waals surface area contributed by atoms with Crippen molar-refractivity contribution in [1.82, 2.24) is 0 Å². The van der Waals surface area contributed by atoms with Crippen LogP contribution in [-0.2, 0) is 20.0 Å². The van der Waals surface area contributed by atoms with E-state index in [1.165, 1.54) is 41.7 Å². The zero-order valence-electron chi connectivity index (χ0n) is 12.1. The standard InChI is InChI=1S/C18H8N2S4/c1-9-2-12-6-16-18(22-24-20-16)8-14(12)4-10(9)3-13-7-17-15(5-11(1)13)19-23-21-17/h1-8H. The molecule has 6 heteroatoms. The second-order valence-electron chi connectivity index (χ2n) is 5.88. The van der Waals surface area contributed by atoms with Crippen molar-refractivity contribution in [3.05, 3.63) is 58.4 Å². The van der Waals surface area contributed by atoms with E-state index in [0.717, 1.165) is 11.0 Å². The van der Waals surface area contributed by atoms with Crippen LogP contribution >= 0.6 is 21.8 Å². The van der Waals surface area contributed by atoms with Crippen LogP contribution in [-0.4, -0.2) is 0 Å². The third-order valence-corrected chi connectivity index (χ3v) is 8.11. The maximum absolute atomic E-state index is 4.48. The largest absolute Gasteiger partial charge is 0.204 e. The molecule has 0 N–H and O–H groups in total. The predicted molar refractivity (Wildman–Crippen MR) is 109 cm³/mol. The van der Waals surface area contributed by atoms with Crippen molar-refractivity contribution in [3.8, 4) is 0 Å². The van der Waals surface area contributed by atoms with Crippen LogP contribution in [0.25, 0.3) is 32.3 Å². The van der Waals surface area contributed by atoms with Gasteiger partial charge in [-0.25, -0.2) is 4.40 Å². The van der Waals surface area contributed by atoms with Gasteiger partial charge in [-0.1, -0.05) is 9.91 Å². The summed E-state index contributed by atoms with van der Waals surface area (Å²) in [6.07, 6.45) is 0. The molecule has 0 fully saturated rings. The lowest BCUT2D eigenvalue weighted by Crippen LogP contribution is -1.99. The molecule has 0 saturated heterocycles. The Morgan fingerprint density at radius 3 is 2.17 bits per heavy atom. The fourth-order valence-electron chi connectivity index (χ4n) is 3.26. The summed E-state index contributed by atoms with van der Waals surface area (Å²) in [7, 11) is 6.60. The highest BCUT2D eigenvalue weighted by Gasteiger charge is 2.10. The van der Waals surface area contributed by atoms with Gasteiger partial charge in [0.1, 0.15) is 0 Å². The van der Waals surface area contributed by atoms with Crippen LogP contribution in [0.4, 0.5) is 5.69 Å². The molecule has 0 aromatic heterocycles. The molecule has 0 radical (unpaired) electrons. The van der Waals surface area contributed by atoms with Crippen LogP contribution in [0.5, 0.6) is 0 Å². The lowest BCUT2D eigenvalue weighted by atomic mass is 9.99. The van der Waals surface area contributed by atoms with Gasteiger partial charge in [-0.3, -0.25) is 0 Å². The Balaban J connectivity index is 1.74. The van der Waals surface area contributed by atoms with E-state index in [1.54, 1.807) is 41.8 Å². The molecule has 4 aromatic rings. The highest BCUT2D eigenvalue weighted by atomic mass is 33.1. The van der Waals surface area contributed by atoms with Gasteiger partial charge in [0.25, 0.3) is 0 Å². The normalized spacial score (nSPS) is 14.8. The third-order valence-electron chi connectivity index (χ3n) is 4.43. The number of hydrogen-bond donors (Lipinski definition) is 0. The average molecular weight is 381 g/mol. The summed E-state index contributed by atoms with van der Waals surface area (Å²) >= 11 is 0. The maximum atomic E-state index is 4.48. The lowest BCUT2D eigenvalue weighted by molar-refractivity contribution is 1.34. The van der Waals surface area contributed by atoms with Gasteiger partial charge in [-0.2, -0.15) is 4.36 Å². The van der Waals surface area contributed by atoms with Crippen molar-refractivity contribution in [2.75, 3.05) is 0 Å². The van der Waals surface area contributed by atoms with Crippen molar-refractivity contribution in [2.24, 2.45) is 8.76 Å². The first-order chi connectivity index (χ1) is 11.8. The molecule has 0 aliphatic carbocycles. The van der Waals surface area contributed by atoms with Gasteiger partial charge in [-0.05, 0) is 91.6 Å².